The number of hydrogen-bond donors (Lipinski definition) is 3. The van der Waals surface area contributed by atoms with E-state index in [9.17, 15) is 18.3 Å². The number of sulfonamides is 1. The normalized spacial score (nSPS) is 11.6. The number of nitrogens with one attached hydrogen (secondary N) is 1. The summed E-state index contributed by atoms with van der Waals surface area (Å²) in [7, 11) is -2.51. The van der Waals surface area contributed by atoms with Gasteiger partial charge < -0.3 is 16.2 Å². The van der Waals surface area contributed by atoms with Crippen LogP contribution in [0.4, 0.5) is 5.69 Å². The third kappa shape index (κ3) is 3.84. The fraction of sp³-hybridized carbons (Fsp3) is 0.417. The standard InChI is InChI=1S/C12H19N3O4S/c1-3-6-14-12(17)8-15(2)20(18,19)9-4-5-11(16)10(13)7-9/h4-5,7,16H,3,6,8,13H2,1-2H3,(H,14,17). The highest BCUT2D eigenvalue weighted by atomic mass is 32.2. The van der Waals surface area contributed by atoms with Crippen molar-refractivity contribution in [1.29, 1.82) is 0 Å². The highest BCUT2D eigenvalue weighted by molar-refractivity contribution is 7.89. The van der Waals surface area contributed by atoms with Crippen molar-refractivity contribution >= 4 is 21.6 Å². The van der Waals surface area contributed by atoms with Crippen molar-refractivity contribution in [3.63, 3.8) is 0 Å². The molecular formula is C12H19N3O4S. The Morgan fingerprint density at radius 2 is 2.10 bits per heavy atom. The molecule has 20 heavy (non-hydrogen) atoms. The average Bonchev–Trinajstić information content (AvgIpc) is 2.39. The Morgan fingerprint density at radius 1 is 1.45 bits per heavy atom. The Morgan fingerprint density at radius 3 is 2.65 bits per heavy atom. The van der Waals surface area contributed by atoms with Crippen molar-refractivity contribution in [3.05, 3.63) is 18.2 Å². The van der Waals surface area contributed by atoms with Gasteiger partial charge in [0.2, 0.25) is 15.9 Å². The molecule has 0 heterocycles. The van der Waals surface area contributed by atoms with E-state index in [1.165, 1.54) is 19.2 Å². The van der Waals surface area contributed by atoms with Gasteiger partial charge in [-0.05, 0) is 24.6 Å². The van der Waals surface area contributed by atoms with Crippen LogP contribution in [0.25, 0.3) is 0 Å². The van der Waals surface area contributed by atoms with Crippen LogP contribution in [0.2, 0.25) is 0 Å². The molecule has 0 radical (unpaired) electrons. The summed E-state index contributed by atoms with van der Waals surface area (Å²) in [6, 6.07) is 3.60. The summed E-state index contributed by atoms with van der Waals surface area (Å²) < 4.78 is 25.4. The molecule has 0 fully saturated rings. The van der Waals surface area contributed by atoms with Gasteiger partial charge in [0.25, 0.3) is 0 Å². The van der Waals surface area contributed by atoms with Gasteiger partial charge in [-0.1, -0.05) is 6.92 Å². The van der Waals surface area contributed by atoms with Gasteiger partial charge in [-0.15, -0.1) is 0 Å². The Labute approximate surface area is 118 Å². The molecule has 0 atom stereocenters. The van der Waals surface area contributed by atoms with E-state index >= 15 is 0 Å². The van der Waals surface area contributed by atoms with Crippen molar-refractivity contribution < 1.29 is 18.3 Å². The molecule has 1 aromatic rings. The maximum absolute atomic E-state index is 12.2. The number of benzene rings is 1. The summed E-state index contributed by atoms with van der Waals surface area (Å²) in [5.74, 6) is -0.558. The van der Waals surface area contributed by atoms with Crippen LogP contribution >= 0.6 is 0 Å². The lowest BCUT2D eigenvalue weighted by Gasteiger charge is -2.17. The zero-order valence-electron chi connectivity index (χ0n) is 11.5. The predicted molar refractivity (Wildman–Crippen MR) is 75.6 cm³/mol. The maximum Gasteiger partial charge on any atom is 0.243 e. The average molecular weight is 301 g/mol. The van der Waals surface area contributed by atoms with Crippen LogP contribution in [0, 0.1) is 0 Å². The lowest BCUT2D eigenvalue weighted by atomic mass is 10.3. The van der Waals surface area contributed by atoms with E-state index in [1.54, 1.807) is 0 Å². The summed E-state index contributed by atoms with van der Waals surface area (Å²) >= 11 is 0. The molecule has 112 valence electrons. The number of phenols is 1. The number of nitrogens with zero attached hydrogens (tertiary/aromatic N) is 1. The lowest BCUT2D eigenvalue weighted by molar-refractivity contribution is -0.121. The minimum atomic E-state index is -3.82. The van der Waals surface area contributed by atoms with Gasteiger partial charge in [0, 0.05) is 13.6 Å². The number of amides is 1. The predicted octanol–water partition coefficient (Wildman–Crippen LogP) is 0.121. The van der Waals surface area contributed by atoms with Crippen LogP contribution in [0.5, 0.6) is 5.75 Å². The fourth-order valence-electron chi connectivity index (χ4n) is 1.48. The van der Waals surface area contributed by atoms with E-state index < -0.39 is 10.0 Å². The van der Waals surface area contributed by atoms with Gasteiger partial charge in [0.05, 0.1) is 17.1 Å². The molecule has 0 saturated heterocycles. The smallest absolute Gasteiger partial charge is 0.243 e. The summed E-state index contributed by atoms with van der Waals surface area (Å²) in [6.07, 6.45) is 0.775. The number of carbonyl (C=O) groups excluding carboxylic acids is 1. The number of anilines is 1. The molecule has 7 nitrogen and oxygen atoms in total. The number of hydrogen-bond acceptors (Lipinski definition) is 5. The first-order chi connectivity index (χ1) is 9.28. The minimum absolute atomic E-state index is 0.0325. The second-order valence-corrected chi connectivity index (χ2v) is 6.38. The first kappa shape index (κ1) is 16.3. The molecule has 1 aromatic carbocycles. The van der Waals surface area contributed by atoms with Gasteiger partial charge in [-0.3, -0.25) is 4.79 Å². The summed E-state index contributed by atoms with van der Waals surface area (Å²) in [5.41, 5.74) is 5.44. The van der Waals surface area contributed by atoms with Gasteiger partial charge in [-0.25, -0.2) is 8.42 Å². The van der Waals surface area contributed by atoms with E-state index in [2.05, 4.69) is 5.32 Å². The van der Waals surface area contributed by atoms with Crippen molar-refractivity contribution in [2.45, 2.75) is 18.2 Å². The second-order valence-electron chi connectivity index (χ2n) is 4.33. The number of phenolic OH excluding ortho intramolecular Hbond substituents is 1. The number of nitrogen functional groups attached to an aromatic ring is 1. The number of nitrogens with two attached hydrogens (primary N) is 1. The molecule has 0 saturated carbocycles. The Balaban J connectivity index is 2.87. The largest absolute Gasteiger partial charge is 0.506 e. The molecule has 1 rings (SSSR count). The zero-order valence-corrected chi connectivity index (χ0v) is 12.3. The fourth-order valence-corrected chi connectivity index (χ4v) is 2.64. The molecule has 4 N–H and O–H groups in total. The van der Waals surface area contributed by atoms with Crippen molar-refractivity contribution in [3.8, 4) is 5.75 Å². The second kappa shape index (κ2) is 6.58. The monoisotopic (exact) mass is 301 g/mol. The summed E-state index contributed by atoms with van der Waals surface area (Å²) in [6.45, 7) is 2.13. The molecule has 0 unspecified atom stereocenters. The van der Waals surface area contributed by atoms with Crippen molar-refractivity contribution in [2.75, 3.05) is 25.9 Å². The van der Waals surface area contributed by atoms with Crippen LogP contribution in [-0.4, -0.2) is 43.9 Å². The van der Waals surface area contributed by atoms with E-state index in [0.717, 1.165) is 16.8 Å². The third-order valence-corrected chi connectivity index (χ3v) is 4.44. The molecular weight excluding hydrogens is 282 g/mol. The molecule has 0 aliphatic carbocycles. The van der Waals surface area contributed by atoms with Crippen LogP contribution in [0.15, 0.2) is 23.1 Å². The SMILES string of the molecule is CCCNC(=O)CN(C)S(=O)(=O)c1ccc(O)c(N)c1. The minimum Gasteiger partial charge on any atom is -0.506 e. The Hall–Kier alpha value is -1.80. The van der Waals surface area contributed by atoms with Gasteiger partial charge in [0.1, 0.15) is 5.75 Å². The maximum atomic E-state index is 12.2. The van der Waals surface area contributed by atoms with Crippen molar-refractivity contribution in [1.82, 2.24) is 9.62 Å². The Kier molecular flexibility index (Phi) is 5.34. The highest BCUT2D eigenvalue weighted by Gasteiger charge is 2.23. The molecule has 0 aliphatic heterocycles. The topological polar surface area (TPSA) is 113 Å². The summed E-state index contributed by atoms with van der Waals surface area (Å²) in [5, 5.41) is 11.9. The van der Waals surface area contributed by atoms with E-state index in [4.69, 9.17) is 5.73 Å². The van der Waals surface area contributed by atoms with Crippen LogP contribution in [0.1, 0.15) is 13.3 Å². The molecule has 0 aliphatic rings. The Bertz CT molecular complexity index is 586. The van der Waals surface area contributed by atoms with Crippen LogP contribution in [-0.2, 0) is 14.8 Å². The van der Waals surface area contributed by atoms with Crippen molar-refractivity contribution in [2.24, 2.45) is 0 Å². The number of rotatable bonds is 6. The van der Waals surface area contributed by atoms with E-state index in [0.29, 0.717) is 6.54 Å². The summed E-state index contributed by atoms with van der Waals surface area (Å²) in [4.78, 5) is 11.5. The molecule has 0 bridgehead atoms. The van der Waals surface area contributed by atoms with Gasteiger partial charge in [-0.2, -0.15) is 4.31 Å². The third-order valence-electron chi connectivity index (χ3n) is 2.65. The lowest BCUT2D eigenvalue weighted by Crippen LogP contribution is -2.38. The van der Waals surface area contributed by atoms with Gasteiger partial charge in [0.15, 0.2) is 0 Å². The molecule has 1 amide bonds. The number of carbonyl (C=O) groups is 1. The quantitative estimate of drug-likeness (QED) is 0.510. The first-order valence-corrected chi connectivity index (χ1v) is 7.54. The van der Waals surface area contributed by atoms with Crippen LogP contribution in [0.3, 0.4) is 0 Å². The number of likely N-dealkylation sites (N-methyl/N-ethyl adjacent to an activating group) is 1. The van der Waals surface area contributed by atoms with E-state index in [1.807, 2.05) is 6.92 Å². The molecule has 0 aromatic heterocycles. The van der Waals surface area contributed by atoms with Gasteiger partial charge >= 0.3 is 0 Å². The first-order valence-electron chi connectivity index (χ1n) is 6.10. The van der Waals surface area contributed by atoms with Crippen LogP contribution < -0.4 is 11.1 Å². The van der Waals surface area contributed by atoms with E-state index in [-0.39, 0.29) is 28.8 Å². The number of aromatic hydroxyl groups is 1. The zero-order chi connectivity index (χ0) is 15.3. The highest BCUT2D eigenvalue weighted by Crippen LogP contribution is 2.24. The molecule has 8 heteroatoms. The molecule has 0 spiro atoms.